The molecule has 1 aromatic rings. The van der Waals surface area contributed by atoms with E-state index < -0.39 is 16.1 Å². The van der Waals surface area contributed by atoms with Gasteiger partial charge in [-0.15, -0.1) is 0 Å². The van der Waals surface area contributed by atoms with Crippen molar-refractivity contribution in [2.45, 2.75) is 31.0 Å². The van der Waals surface area contributed by atoms with Gasteiger partial charge in [0.25, 0.3) is 10.0 Å². The van der Waals surface area contributed by atoms with Gasteiger partial charge in [0.05, 0.1) is 12.9 Å². The highest BCUT2D eigenvalue weighted by Gasteiger charge is 2.22. The van der Waals surface area contributed by atoms with E-state index in [0.717, 1.165) is 0 Å². The minimum absolute atomic E-state index is 0.0246. The maximum Gasteiger partial charge on any atom is 0.259 e. The average molecular weight is 277 g/mol. The summed E-state index contributed by atoms with van der Waals surface area (Å²) in [6.07, 6.45) is 3.22. The molecule has 0 saturated carbocycles. The van der Waals surface area contributed by atoms with Crippen LogP contribution in [0, 0.1) is 0 Å². The first-order valence-electron chi connectivity index (χ1n) is 5.67. The third kappa shape index (κ3) is 4.05. The zero-order valence-electron chi connectivity index (χ0n) is 10.5. The van der Waals surface area contributed by atoms with Crippen LogP contribution < -0.4 is 4.72 Å². The summed E-state index contributed by atoms with van der Waals surface area (Å²) in [7, 11) is -2.19. The molecule has 1 heterocycles. The van der Waals surface area contributed by atoms with Gasteiger partial charge in [0.15, 0.2) is 5.03 Å². The van der Waals surface area contributed by atoms with Crippen molar-refractivity contribution in [1.82, 2.24) is 14.3 Å². The zero-order valence-corrected chi connectivity index (χ0v) is 11.4. The highest BCUT2D eigenvalue weighted by Crippen LogP contribution is 2.07. The molecule has 104 valence electrons. The van der Waals surface area contributed by atoms with Gasteiger partial charge in [-0.25, -0.2) is 18.1 Å². The van der Waals surface area contributed by atoms with Gasteiger partial charge in [-0.1, -0.05) is 0 Å². The molecule has 0 aliphatic heterocycles. The number of imidazole rings is 1. The lowest BCUT2D eigenvalue weighted by Gasteiger charge is -2.15. The summed E-state index contributed by atoms with van der Waals surface area (Å²) < 4.78 is 33.0. The molecule has 0 bridgehead atoms. The fourth-order valence-corrected chi connectivity index (χ4v) is 2.67. The van der Waals surface area contributed by atoms with Crippen molar-refractivity contribution in [1.29, 1.82) is 0 Å². The number of aliphatic hydroxyl groups is 1. The number of hydrogen-bond donors (Lipinski definition) is 2. The van der Waals surface area contributed by atoms with Gasteiger partial charge in [0, 0.05) is 32.5 Å². The number of rotatable bonds is 8. The van der Waals surface area contributed by atoms with E-state index in [1.807, 2.05) is 6.92 Å². The van der Waals surface area contributed by atoms with Gasteiger partial charge in [-0.2, -0.15) is 0 Å². The third-order valence-electron chi connectivity index (χ3n) is 2.42. The van der Waals surface area contributed by atoms with Gasteiger partial charge in [-0.05, 0) is 13.3 Å². The number of ether oxygens (including phenoxy) is 1. The van der Waals surface area contributed by atoms with E-state index in [2.05, 4.69) is 9.71 Å². The third-order valence-corrected chi connectivity index (χ3v) is 3.82. The smallest absolute Gasteiger partial charge is 0.259 e. The van der Waals surface area contributed by atoms with E-state index in [0.29, 0.717) is 13.0 Å². The number of aliphatic hydroxyl groups excluding tert-OH is 1. The number of hydrogen-bond acceptors (Lipinski definition) is 5. The van der Waals surface area contributed by atoms with Crippen LogP contribution in [0.1, 0.15) is 13.3 Å². The molecule has 1 aromatic heterocycles. The van der Waals surface area contributed by atoms with E-state index in [9.17, 15) is 8.42 Å². The molecule has 0 radical (unpaired) electrons. The number of nitrogens with one attached hydrogen (secondary N) is 1. The number of methoxy groups -OCH3 is 1. The molecule has 18 heavy (non-hydrogen) atoms. The fraction of sp³-hybridized carbons (Fsp3) is 0.700. The number of aromatic nitrogens is 2. The molecule has 0 amide bonds. The molecule has 0 spiro atoms. The van der Waals surface area contributed by atoms with Gasteiger partial charge in [-0.3, -0.25) is 0 Å². The molecule has 0 aliphatic carbocycles. The highest BCUT2D eigenvalue weighted by atomic mass is 32.2. The Morgan fingerprint density at radius 2 is 2.33 bits per heavy atom. The summed E-state index contributed by atoms with van der Waals surface area (Å²) >= 11 is 0. The second-order valence-electron chi connectivity index (χ2n) is 3.83. The van der Waals surface area contributed by atoms with Gasteiger partial charge < -0.3 is 14.4 Å². The Hall–Kier alpha value is -0.960. The quantitative estimate of drug-likeness (QED) is 0.673. The van der Waals surface area contributed by atoms with E-state index >= 15 is 0 Å². The Balaban J connectivity index is 2.78. The van der Waals surface area contributed by atoms with Crippen LogP contribution in [0.2, 0.25) is 0 Å². The van der Waals surface area contributed by atoms with Gasteiger partial charge in [0.2, 0.25) is 0 Å². The van der Waals surface area contributed by atoms with E-state index in [1.54, 1.807) is 4.57 Å². The summed E-state index contributed by atoms with van der Waals surface area (Å²) in [5.74, 6) is 0. The van der Waals surface area contributed by atoms with Crippen LogP contribution in [-0.4, -0.2) is 49.4 Å². The largest absolute Gasteiger partial charge is 0.396 e. The van der Waals surface area contributed by atoms with Crippen molar-refractivity contribution in [3.8, 4) is 0 Å². The first kappa shape index (κ1) is 15.1. The molecule has 1 unspecified atom stereocenters. The number of aryl methyl sites for hydroxylation is 1. The van der Waals surface area contributed by atoms with Crippen LogP contribution in [0.25, 0.3) is 0 Å². The molecule has 2 N–H and O–H groups in total. The Labute approximate surface area is 107 Å². The lowest BCUT2D eigenvalue weighted by molar-refractivity contribution is 0.158. The number of sulfonamides is 1. The van der Waals surface area contributed by atoms with Crippen LogP contribution in [0.5, 0.6) is 0 Å². The Morgan fingerprint density at radius 1 is 1.61 bits per heavy atom. The molecule has 7 nitrogen and oxygen atoms in total. The first-order valence-corrected chi connectivity index (χ1v) is 7.15. The monoisotopic (exact) mass is 277 g/mol. The van der Waals surface area contributed by atoms with Crippen molar-refractivity contribution in [3.63, 3.8) is 0 Å². The zero-order chi connectivity index (χ0) is 13.6. The summed E-state index contributed by atoms with van der Waals surface area (Å²) in [5.41, 5.74) is 0. The van der Waals surface area contributed by atoms with E-state index in [1.165, 1.54) is 19.6 Å². The Morgan fingerprint density at radius 3 is 2.83 bits per heavy atom. The minimum atomic E-state index is -3.67. The predicted octanol–water partition coefficient (Wildman–Crippen LogP) is -0.421. The molecule has 0 aliphatic rings. The van der Waals surface area contributed by atoms with Gasteiger partial charge >= 0.3 is 0 Å². The molecule has 0 saturated heterocycles. The minimum Gasteiger partial charge on any atom is -0.396 e. The highest BCUT2D eigenvalue weighted by molar-refractivity contribution is 7.89. The maximum atomic E-state index is 12.0. The second kappa shape index (κ2) is 6.83. The first-order chi connectivity index (χ1) is 8.53. The Kier molecular flexibility index (Phi) is 5.73. The SMILES string of the molecule is CCn1cnc(S(=O)(=O)NC(CCO)COC)c1. The van der Waals surface area contributed by atoms with Crippen molar-refractivity contribution < 1.29 is 18.3 Å². The molecule has 8 heteroatoms. The summed E-state index contributed by atoms with van der Waals surface area (Å²) in [4.78, 5) is 3.84. The standard InChI is InChI=1S/C10H19N3O4S/c1-3-13-6-10(11-8-13)18(15,16)12-9(4-5-14)7-17-2/h6,8-9,12,14H,3-5,7H2,1-2H3. The molecule has 0 aromatic carbocycles. The summed E-state index contributed by atoms with van der Waals surface area (Å²) in [5, 5.41) is 8.84. The Bertz CT molecular complexity index is 451. The average Bonchev–Trinajstić information content (AvgIpc) is 2.78. The lowest BCUT2D eigenvalue weighted by Crippen LogP contribution is -2.38. The van der Waals surface area contributed by atoms with E-state index in [4.69, 9.17) is 9.84 Å². The number of nitrogens with zero attached hydrogens (tertiary/aromatic N) is 2. The summed E-state index contributed by atoms with van der Waals surface area (Å²) in [6.45, 7) is 2.64. The van der Waals surface area contributed by atoms with Crippen LogP contribution in [0.15, 0.2) is 17.6 Å². The van der Waals surface area contributed by atoms with Gasteiger partial charge in [0.1, 0.15) is 0 Å². The van der Waals surface area contributed by atoms with Crippen LogP contribution in [-0.2, 0) is 21.3 Å². The lowest BCUT2D eigenvalue weighted by atomic mass is 10.2. The van der Waals surface area contributed by atoms with Crippen LogP contribution in [0.4, 0.5) is 0 Å². The second-order valence-corrected chi connectivity index (χ2v) is 5.49. The van der Waals surface area contributed by atoms with Crippen molar-refractivity contribution in [3.05, 3.63) is 12.5 Å². The van der Waals surface area contributed by atoms with Crippen molar-refractivity contribution >= 4 is 10.0 Å². The summed E-state index contributed by atoms with van der Waals surface area (Å²) in [6, 6.07) is -0.461. The fourth-order valence-electron chi connectivity index (χ4n) is 1.46. The predicted molar refractivity (Wildman–Crippen MR) is 65.6 cm³/mol. The normalized spacial score (nSPS) is 13.7. The van der Waals surface area contributed by atoms with Crippen LogP contribution >= 0.6 is 0 Å². The molecule has 0 fully saturated rings. The molecular weight excluding hydrogens is 258 g/mol. The molecule has 1 atom stereocenters. The molecule has 1 rings (SSSR count). The topological polar surface area (TPSA) is 93.5 Å². The van der Waals surface area contributed by atoms with Crippen molar-refractivity contribution in [2.75, 3.05) is 20.3 Å². The maximum absolute atomic E-state index is 12.0. The van der Waals surface area contributed by atoms with E-state index in [-0.39, 0.29) is 18.2 Å². The molecular formula is C10H19N3O4S. The van der Waals surface area contributed by atoms with Crippen LogP contribution in [0.3, 0.4) is 0 Å². The van der Waals surface area contributed by atoms with Crippen molar-refractivity contribution in [2.24, 2.45) is 0 Å².